The molecule has 6 nitrogen and oxygen atoms in total. The normalized spacial score (nSPS) is 19.3. The van der Waals surface area contributed by atoms with Crippen LogP contribution in [-0.2, 0) is 6.54 Å². The summed E-state index contributed by atoms with van der Waals surface area (Å²) in [7, 11) is 0. The molecule has 136 valence electrons. The number of nitrogens with one attached hydrogen (secondary N) is 2. The summed E-state index contributed by atoms with van der Waals surface area (Å²) < 4.78 is 0. The molecule has 3 heterocycles. The minimum Gasteiger partial charge on any atom is -0.340 e. The van der Waals surface area contributed by atoms with Crippen LogP contribution in [0, 0.1) is 6.92 Å². The quantitative estimate of drug-likeness (QED) is 0.887. The average molecular weight is 350 g/mol. The fourth-order valence-electron chi connectivity index (χ4n) is 3.51. The molecule has 0 aliphatic carbocycles. The van der Waals surface area contributed by atoms with E-state index in [0.29, 0.717) is 6.04 Å². The van der Waals surface area contributed by atoms with Crippen molar-refractivity contribution in [1.82, 2.24) is 15.3 Å². The maximum absolute atomic E-state index is 4.82. The Labute approximate surface area is 154 Å². The van der Waals surface area contributed by atoms with Crippen molar-refractivity contribution in [3.63, 3.8) is 0 Å². The van der Waals surface area contributed by atoms with Crippen molar-refractivity contribution in [2.75, 3.05) is 29.9 Å². The van der Waals surface area contributed by atoms with Gasteiger partial charge in [-0.25, -0.2) is 4.98 Å². The zero-order valence-electron chi connectivity index (χ0n) is 15.5. The van der Waals surface area contributed by atoms with Gasteiger partial charge in [-0.15, -0.1) is 0 Å². The third kappa shape index (κ3) is 3.55. The third-order valence-electron chi connectivity index (χ3n) is 5.20. The molecule has 26 heavy (non-hydrogen) atoms. The first-order valence-electron chi connectivity index (χ1n) is 9.44. The van der Waals surface area contributed by atoms with E-state index in [9.17, 15) is 0 Å². The summed E-state index contributed by atoms with van der Waals surface area (Å²) in [5.74, 6) is 1.67. The number of benzene rings is 1. The summed E-state index contributed by atoms with van der Waals surface area (Å²) in [5, 5.41) is 7.06. The molecule has 1 fully saturated rings. The number of aryl methyl sites for hydroxylation is 1. The van der Waals surface area contributed by atoms with Crippen molar-refractivity contribution in [3.8, 4) is 0 Å². The molecule has 0 radical (unpaired) electrons. The van der Waals surface area contributed by atoms with Crippen LogP contribution in [0.3, 0.4) is 0 Å². The average Bonchev–Trinajstić information content (AvgIpc) is 2.99. The molecule has 0 amide bonds. The Morgan fingerprint density at radius 3 is 3.12 bits per heavy atom. The van der Waals surface area contributed by atoms with E-state index in [-0.39, 0.29) is 0 Å². The Kier molecular flexibility index (Phi) is 4.84. The monoisotopic (exact) mass is 350 g/mol. The van der Waals surface area contributed by atoms with Crippen molar-refractivity contribution < 1.29 is 0 Å². The predicted molar refractivity (Wildman–Crippen MR) is 107 cm³/mol. The maximum atomic E-state index is 4.82. The largest absolute Gasteiger partial charge is 0.340 e. The van der Waals surface area contributed by atoms with Gasteiger partial charge in [-0.1, -0.05) is 13.0 Å². The lowest BCUT2D eigenvalue weighted by Crippen LogP contribution is -2.30. The number of aliphatic imine (C=N–C) groups is 1. The molecule has 2 aliphatic heterocycles. The Bertz CT molecular complexity index is 816. The summed E-state index contributed by atoms with van der Waals surface area (Å²) >= 11 is 0. The van der Waals surface area contributed by atoms with Crippen LogP contribution in [0.15, 0.2) is 29.4 Å². The van der Waals surface area contributed by atoms with E-state index in [2.05, 4.69) is 50.6 Å². The molecule has 0 saturated carbocycles. The minimum atomic E-state index is 0.594. The molecule has 1 saturated heterocycles. The zero-order chi connectivity index (χ0) is 17.9. The second kappa shape index (κ2) is 7.41. The fraction of sp³-hybridized carbons (Fsp3) is 0.450. The lowest BCUT2D eigenvalue weighted by molar-refractivity contribution is 0.509. The first kappa shape index (κ1) is 17.0. The highest BCUT2D eigenvalue weighted by Crippen LogP contribution is 2.24. The van der Waals surface area contributed by atoms with E-state index in [1.165, 1.54) is 11.1 Å². The van der Waals surface area contributed by atoms with Crippen molar-refractivity contribution in [1.29, 1.82) is 0 Å². The van der Waals surface area contributed by atoms with Crippen LogP contribution >= 0.6 is 0 Å². The first-order chi connectivity index (χ1) is 12.7. The number of nitrogens with zero attached hydrogens (tertiary/aromatic N) is 4. The highest BCUT2D eigenvalue weighted by molar-refractivity contribution is 5.86. The Morgan fingerprint density at radius 2 is 2.23 bits per heavy atom. The number of aromatic nitrogens is 2. The van der Waals surface area contributed by atoms with E-state index < -0.39 is 0 Å². The Balaban J connectivity index is 1.53. The van der Waals surface area contributed by atoms with Gasteiger partial charge in [-0.05, 0) is 43.0 Å². The molecule has 0 bridgehead atoms. The summed E-state index contributed by atoms with van der Waals surface area (Å²) in [6.07, 6.45) is 6.14. The maximum Gasteiger partial charge on any atom is 0.227 e. The predicted octanol–water partition coefficient (Wildman–Crippen LogP) is 3.04. The second-order valence-corrected chi connectivity index (χ2v) is 7.05. The van der Waals surface area contributed by atoms with Gasteiger partial charge < -0.3 is 15.5 Å². The van der Waals surface area contributed by atoms with Gasteiger partial charge in [0.1, 0.15) is 5.82 Å². The van der Waals surface area contributed by atoms with E-state index in [0.717, 1.165) is 62.0 Å². The summed E-state index contributed by atoms with van der Waals surface area (Å²) in [6, 6.07) is 6.95. The van der Waals surface area contributed by atoms with Crippen LogP contribution in [0.5, 0.6) is 0 Å². The number of fused-ring (bicyclic) bond motifs is 1. The summed E-state index contributed by atoms with van der Waals surface area (Å²) in [5.41, 5.74) is 4.54. The molecule has 1 atom stereocenters. The van der Waals surface area contributed by atoms with Crippen LogP contribution < -0.4 is 15.5 Å². The van der Waals surface area contributed by atoms with Crippen LogP contribution in [-0.4, -0.2) is 41.9 Å². The van der Waals surface area contributed by atoms with Gasteiger partial charge >= 0.3 is 0 Å². The van der Waals surface area contributed by atoms with E-state index in [1.54, 1.807) is 0 Å². The van der Waals surface area contributed by atoms with Gasteiger partial charge in [0.2, 0.25) is 5.95 Å². The molecule has 6 heteroatoms. The van der Waals surface area contributed by atoms with Crippen molar-refractivity contribution in [2.24, 2.45) is 4.99 Å². The Hall–Kier alpha value is -2.47. The number of rotatable bonds is 4. The topological polar surface area (TPSA) is 65.4 Å². The van der Waals surface area contributed by atoms with Gasteiger partial charge in [0.05, 0.1) is 6.54 Å². The van der Waals surface area contributed by atoms with Crippen molar-refractivity contribution in [3.05, 3.63) is 41.1 Å². The van der Waals surface area contributed by atoms with Gasteiger partial charge in [-0.2, -0.15) is 4.98 Å². The van der Waals surface area contributed by atoms with Crippen LogP contribution in [0.4, 0.5) is 17.5 Å². The summed E-state index contributed by atoms with van der Waals surface area (Å²) in [4.78, 5) is 16.0. The second-order valence-electron chi connectivity index (χ2n) is 7.05. The molecule has 0 spiro atoms. The molecule has 1 unspecified atom stereocenters. The van der Waals surface area contributed by atoms with Crippen LogP contribution in [0.2, 0.25) is 0 Å². The van der Waals surface area contributed by atoms with Gasteiger partial charge in [-0.3, -0.25) is 4.99 Å². The molecular weight excluding hydrogens is 324 g/mol. The molecular formula is C20H26N6. The lowest BCUT2D eigenvalue weighted by Gasteiger charge is -2.21. The first-order valence-corrected chi connectivity index (χ1v) is 9.44. The summed E-state index contributed by atoms with van der Waals surface area (Å²) in [6.45, 7) is 7.96. The van der Waals surface area contributed by atoms with Crippen LogP contribution in [0.1, 0.15) is 36.5 Å². The SMILES string of the molecule is CCC1CCN(c2ncc(C)c(Nc3ccc4c(c3)C=NC4)n2)CCN1. The minimum absolute atomic E-state index is 0.594. The van der Waals surface area contributed by atoms with Gasteiger partial charge in [0, 0.05) is 49.3 Å². The molecule has 2 aromatic rings. The van der Waals surface area contributed by atoms with E-state index in [4.69, 9.17) is 4.98 Å². The van der Waals surface area contributed by atoms with Gasteiger partial charge in [0.15, 0.2) is 0 Å². The third-order valence-corrected chi connectivity index (χ3v) is 5.20. The highest BCUT2D eigenvalue weighted by Gasteiger charge is 2.18. The smallest absolute Gasteiger partial charge is 0.227 e. The standard InChI is InChI=1S/C20H26N6/c1-3-17-6-8-26(9-7-22-17)20-23-11-14(2)19(25-20)24-18-5-4-15-12-21-13-16(15)10-18/h4-5,10-11,13,17,22H,3,6-9,12H2,1-2H3,(H,23,24,25). The molecule has 2 N–H and O–H groups in total. The highest BCUT2D eigenvalue weighted by atomic mass is 15.3. The molecule has 2 aliphatic rings. The fourth-order valence-corrected chi connectivity index (χ4v) is 3.51. The van der Waals surface area contributed by atoms with Gasteiger partial charge in [0.25, 0.3) is 0 Å². The van der Waals surface area contributed by atoms with E-state index >= 15 is 0 Å². The zero-order valence-corrected chi connectivity index (χ0v) is 15.5. The number of hydrogen-bond donors (Lipinski definition) is 2. The lowest BCUT2D eigenvalue weighted by atomic mass is 10.1. The Morgan fingerprint density at radius 1 is 1.31 bits per heavy atom. The van der Waals surface area contributed by atoms with E-state index in [1.807, 2.05) is 19.3 Å². The molecule has 1 aromatic carbocycles. The van der Waals surface area contributed by atoms with Crippen LogP contribution in [0.25, 0.3) is 0 Å². The molecule has 4 rings (SSSR count). The van der Waals surface area contributed by atoms with Crippen molar-refractivity contribution in [2.45, 2.75) is 39.3 Å². The number of hydrogen-bond acceptors (Lipinski definition) is 6. The molecule has 1 aromatic heterocycles. The van der Waals surface area contributed by atoms with Crippen molar-refractivity contribution >= 4 is 23.7 Å². The number of anilines is 3.